The monoisotopic (exact) mass is 224 g/mol. The predicted molar refractivity (Wildman–Crippen MR) is 69.7 cm³/mol. The fourth-order valence-corrected chi connectivity index (χ4v) is 3.18. The van der Waals surface area contributed by atoms with Crippen molar-refractivity contribution in [3.05, 3.63) is 0 Å². The summed E-state index contributed by atoms with van der Waals surface area (Å²) in [4.78, 5) is 0. The molecule has 0 bridgehead atoms. The topological polar surface area (TPSA) is 24.1 Å². The quantitative estimate of drug-likeness (QED) is 0.650. The van der Waals surface area contributed by atoms with Crippen molar-refractivity contribution >= 4 is 0 Å². The zero-order valence-electron chi connectivity index (χ0n) is 10.9. The molecule has 0 atom stereocenters. The third-order valence-corrected chi connectivity index (χ3v) is 4.75. The first-order chi connectivity index (χ1) is 7.85. The lowest BCUT2D eigenvalue weighted by Crippen LogP contribution is -2.42. The van der Waals surface area contributed by atoms with Gasteiger partial charge in [-0.25, -0.2) is 0 Å². The predicted octanol–water partition coefficient (Wildman–Crippen LogP) is 2.69. The molecule has 2 N–H and O–H groups in total. The van der Waals surface area contributed by atoms with Crippen molar-refractivity contribution in [1.29, 1.82) is 0 Å². The highest BCUT2D eigenvalue weighted by atomic mass is 15.0. The third-order valence-electron chi connectivity index (χ3n) is 4.75. The highest BCUT2D eigenvalue weighted by Gasteiger charge is 2.34. The van der Waals surface area contributed by atoms with Crippen molar-refractivity contribution in [3.8, 4) is 0 Å². The van der Waals surface area contributed by atoms with Gasteiger partial charge in [-0.2, -0.15) is 0 Å². The number of hydrogen-bond donors (Lipinski definition) is 2. The van der Waals surface area contributed by atoms with Gasteiger partial charge in [0.1, 0.15) is 0 Å². The van der Waals surface area contributed by atoms with E-state index in [0.29, 0.717) is 5.41 Å². The molecule has 2 saturated carbocycles. The molecule has 2 fully saturated rings. The summed E-state index contributed by atoms with van der Waals surface area (Å²) in [5, 5.41) is 7.30. The molecule has 0 aromatic carbocycles. The number of rotatable bonds is 7. The summed E-state index contributed by atoms with van der Waals surface area (Å²) in [6.07, 6.45) is 11.4. The highest BCUT2D eigenvalue weighted by Crippen LogP contribution is 2.42. The minimum absolute atomic E-state index is 0.674. The first kappa shape index (κ1) is 12.4. The molecule has 94 valence electrons. The van der Waals surface area contributed by atoms with Gasteiger partial charge in [0.15, 0.2) is 0 Å². The second kappa shape index (κ2) is 6.02. The van der Waals surface area contributed by atoms with Crippen molar-refractivity contribution in [1.82, 2.24) is 10.6 Å². The standard InChI is InChI=1S/C14H28N2/c1-2-14(8-5-9-14)12-15-10-11-16-13-6-3-4-7-13/h13,15-16H,2-12H2,1H3. The average Bonchev–Trinajstić information content (AvgIpc) is 2.74. The summed E-state index contributed by atoms with van der Waals surface area (Å²) in [6, 6.07) is 0.825. The third kappa shape index (κ3) is 3.21. The molecule has 2 nitrogen and oxygen atoms in total. The van der Waals surface area contributed by atoms with Gasteiger partial charge in [0.2, 0.25) is 0 Å². The summed E-state index contributed by atoms with van der Waals surface area (Å²) >= 11 is 0. The van der Waals surface area contributed by atoms with E-state index in [1.165, 1.54) is 57.9 Å². The Morgan fingerprint density at radius 1 is 1.06 bits per heavy atom. The van der Waals surface area contributed by atoms with E-state index in [4.69, 9.17) is 0 Å². The molecule has 0 unspecified atom stereocenters. The van der Waals surface area contributed by atoms with Crippen molar-refractivity contribution < 1.29 is 0 Å². The summed E-state index contributed by atoms with van der Waals surface area (Å²) in [7, 11) is 0. The zero-order chi connectivity index (χ0) is 11.3. The Hall–Kier alpha value is -0.0800. The van der Waals surface area contributed by atoms with Crippen LogP contribution in [-0.2, 0) is 0 Å². The van der Waals surface area contributed by atoms with Gasteiger partial charge in [-0.1, -0.05) is 26.2 Å². The Morgan fingerprint density at radius 3 is 2.38 bits per heavy atom. The molecule has 0 aromatic rings. The molecule has 0 heterocycles. The first-order valence-corrected chi connectivity index (χ1v) is 7.29. The van der Waals surface area contributed by atoms with Gasteiger partial charge in [-0.15, -0.1) is 0 Å². The van der Waals surface area contributed by atoms with Crippen LogP contribution in [0.2, 0.25) is 0 Å². The molecule has 0 aromatic heterocycles. The molecule has 0 spiro atoms. The fourth-order valence-electron chi connectivity index (χ4n) is 3.18. The van der Waals surface area contributed by atoms with E-state index in [0.717, 1.165) is 19.1 Å². The van der Waals surface area contributed by atoms with E-state index >= 15 is 0 Å². The summed E-state index contributed by atoms with van der Waals surface area (Å²) in [6.45, 7) is 5.90. The summed E-state index contributed by atoms with van der Waals surface area (Å²) in [5.41, 5.74) is 0.674. The van der Waals surface area contributed by atoms with Gasteiger partial charge < -0.3 is 10.6 Å². The van der Waals surface area contributed by atoms with Gasteiger partial charge in [0, 0.05) is 25.7 Å². The van der Waals surface area contributed by atoms with Crippen LogP contribution in [0.3, 0.4) is 0 Å². The smallest absolute Gasteiger partial charge is 0.00793 e. The molecule has 2 aliphatic rings. The lowest BCUT2D eigenvalue weighted by molar-refractivity contribution is 0.124. The Kier molecular flexibility index (Phi) is 4.66. The molecule has 0 amide bonds. The van der Waals surface area contributed by atoms with Crippen LogP contribution in [0.5, 0.6) is 0 Å². The van der Waals surface area contributed by atoms with E-state index in [1.54, 1.807) is 0 Å². The van der Waals surface area contributed by atoms with Crippen molar-refractivity contribution in [2.24, 2.45) is 5.41 Å². The lowest BCUT2D eigenvalue weighted by atomic mass is 9.67. The van der Waals surface area contributed by atoms with E-state index in [1.807, 2.05) is 0 Å². The van der Waals surface area contributed by atoms with Crippen LogP contribution in [0.25, 0.3) is 0 Å². The van der Waals surface area contributed by atoms with Crippen LogP contribution in [0, 0.1) is 5.41 Å². The van der Waals surface area contributed by atoms with Crippen LogP contribution in [0.15, 0.2) is 0 Å². The summed E-state index contributed by atoms with van der Waals surface area (Å²) in [5.74, 6) is 0. The Labute approximate surface area is 101 Å². The molecular formula is C14H28N2. The van der Waals surface area contributed by atoms with Gasteiger partial charge >= 0.3 is 0 Å². The SMILES string of the molecule is CCC1(CNCCNC2CCCC2)CCC1. The molecule has 0 saturated heterocycles. The van der Waals surface area contributed by atoms with Crippen LogP contribution >= 0.6 is 0 Å². The lowest BCUT2D eigenvalue weighted by Gasteiger charge is -2.41. The van der Waals surface area contributed by atoms with Crippen LogP contribution in [0.1, 0.15) is 58.3 Å². The molecule has 16 heavy (non-hydrogen) atoms. The molecule has 2 heteroatoms. The maximum absolute atomic E-state index is 3.66. The molecule has 0 aliphatic heterocycles. The second-order valence-electron chi connectivity index (χ2n) is 5.82. The van der Waals surface area contributed by atoms with Crippen LogP contribution in [0.4, 0.5) is 0 Å². The average molecular weight is 224 g/mol. The Bertz CT molecular complexity index is 187. The Morgan fingerprint density at radius 2 is 1.81 bits per heavy atom. The second-order valence-corrected chi connectivity index (χ2v) is 5.82. The van der Waals surface area contributed by atoms with Crippen molar-refractivity contribution in [2.75, 3.05) is 19.6 Å². The van der Waals surface area contributed by atoms with Crippen LogP contribution in [-0.4, -0.2) is 25.7 Å². The largest absolute Gasteiger partial charge is 0.315 e. The maximum atomic E-state index is 3.66. The van der Waals surface area contributed by atoms with E-state index in [2.05, 4.69) is 17.6 Å². The minimum atomic E-state index is 0.674. The van der Waals surface area contributed by atoms with Gasteiger partial charge in [0.05, 0.1) is 0 Å². The maximum Gasteiger partial charge on any atom is 0.00793 e. The number of hydrogen-bond acceptors (Lipinski definition) is 2. The fraction of sp³-hybridized carbons (Fsp3) is 1.00. The molecular weight excluding hydrogens is 196 g/mol. The first-order valence-electron chi connectivity index (χ1n) is 7.29. The van der Waals surface area contributed by atoms with Crippen molar-refractivity contribution in [2.45, 2.75) is 64.3 Å². The molecule has 2 aliphatic carbocycles. The Balaban J connectivity index is 1.48. The van der Waals surface area contributed by atoms with Gasteiger partial charge in [0.25, 0.3) is 0 Å². The van der Waals surface area contributed by atoms with E-state index in [-0.39, 0.29) is 0 Å². The normalized spacial score (nSPS) is 24.6. The molecule has 2 rings (SSSR count). The van der Waals surface area contributed by atoms with Gasteiger partial charge in [-0.05, 0) is 37.5 Å². The van der Waals surface area contributed by atoms with Crippen molar-refractivity contribution in [3.63, 3.8) is 0 Å². The molecule has 0 radical (unpaired) electrons. The van der Waals surface area contributed by atoms with E-state index < -0.39 is 0 Å². The van der Waals surface area contributed by atoms with Gasteiger partial charge in [-0.3, -0.25) is 0 Å². The van der Waals surface area contributed by atoms with E-state index in [9.17, 15) is 0 Å². The highest BCUT2D eigenvalue weighted by molar-refractivity contribution is 4.88. The number of nitrogens with one attached hydrogen (secondary N) is 2. The summed E-state index contributed by atoms with van der Waals surface area (Å²) < 4.78 is 0. The zero-order valence-corrected chi connectivity index (χ0v) is 10.9. The van der Waals surface area contributed by atoms with Crippen LogP contribution < -0.4 is 10.6 Å². The minimum Gasteiger partial charge on any atom is -0.315 e.